The van der Waals surface area contributed by atoms with Crippen molar-refractivity contribution in [2.75, 3.05) is 0 Å². The van der Waals surface area contributed by atoms with Gasteiger partial charge in [-0.25, -0.2) is 0 Å². The summed E-state index contributed by atoms with van der Waals surface area (Å²) in [6.45, 7) is 2.05. The van der Waals surface area contributed by atoms with Crippen molar-refractivity contribution in [1.82, 2.24) is 0 Å². The highest BCUT2D eigenvalue weighted by Crippen LogP contribution is 2.27. The fourth-order valence-electron chi connectivity index (χ4n) is 2.22. The van der Waals surface area contributed by atoms with Gasteiger partial charge in [-0.15, -0.1) is 0 Å². The molecule has 2 rings (SSSR count). The minimum Gasteiger partial charge on any atom is -0.388 e. The molecule has 2 aromatic rings. The minimum absolute atomic E-state index is 0.391. The molecule has 0 bridgehead atoms. The van der Waals surface area contributed by atoms with Crippen LogP contribution in [0.25, 0.3) is 0 Å². The summed E-state index contributed by atoms with van der Waals surface area (Å²) in [5, 5.41) is 10.3. The number of hydrogen-bond donors (Lipinski definition) is 1. The summed E-state index contributed by atoms with van der Waals surface area (Å²) in [7, 11) is 0. The van der Waals surface area contributed by atoms with Crippen LogP contribution in [0, 0.1) is 6.92 Å². The Bertz CT molecular complexity index is 522. The van der Waals surface area contributed by atoms with Gasteiger partial charge in [-0.05, 0) is 43.4 Å². The number of aryl methyl sites for hydroxylation is 2. The Balaban J connectivity index is 1.91. The van der Waals surface area contributed by atoms with Crippen LogP contribution in [-0.2, 0) is 6.42 Å². The average molecular weight is 319 g/mol. The topological polar surface area (TPSA) is 20.2 Å². The van der Waals surface area contributed by atoms with Crippen molar-refractivity contribution in [2.45, 2.75) is 32.3 Å². The van der Waals surface area contributed by atoms with Crippen molar-refractivity contribution < 1.29 is 5.11 Å². The molecule has 0 saturated heterocycles. The predicted molar refractivity (Wildman–Crippen MR) is 83.2 cm³/mol. The van der Waals surface area contributed by atoms with E-state index in [1.165, 1.54) is 11.1 Å². The fraction of sp³-hybridized carbons (Fsp3) is 0.294. The van der Waals surface area contributed by atoms with E-state index < -0.39 is 6.10 Å². The second kappa shape index (κ2) is 6.88. The van der Waals surface area contributed by atoms with Crippen LogP contribution in [0.4, 0.5) is 0 Å². The summed E-state index contributed by atoms with van der Waals surface area (Å²) in [5.41, 5.74) is 3.51. The molecule has 0 aliphatic rings. The van der Waals surface area contributed by atoms with Gasteiger partial charge in [0.15, 0.2) is 0 Å². The maximum Gasteiger partial charge on any atom is 0.0801 e. The lowest BCUT2D eigenvalue weighted by Gasteiger charge is -2.13. The molecule has 0 saturated carbocycles. The van der Waals surface area contributed by atoms with Crippen LogP contribution in [0.1, 0.15) is 35.6 Å². The molecular weight excluding hydrogens is 300 g/mol. The van der Waals surface area contributed by atoms with Gasteiger partial charge in [0.2, 0.25) is 0 Å². The zero-order valence-electron chi connectivity index (χ0n) is 11.1. The van der Waals surface area contributed by atoms with Gasteiger partial charge in [-0.1, -0.05) is 64.0 Å². The van der Waals surface area contributed by atoms with E-state index in [1.54, 1.807) is 0 Å². The molecule has 1 unspecified atom stereocenters. The summed E-state index contributed by atoms with van der Waals surface area (Å²) < 4.78 is 0.991. The molecule has 0 amide bonds. The number of hydrogen-bond acceptors (Lipinski definition) is 1. The van der Waals surface area contributed by atoms with Gasteiger partial charge < -0.3 is 5.11 Å². The van der Waals surface area contributed by atoms with Gasteiger partial charge in [0, 0.05) is 4.47 Å². The van der Waals surface area contributed by atoms with E-state index in [4.69, 9.17) is 0 Å². The van der Waals surface area contributed by atoms with Gasteiger partial charge in [0.1, 0.15) is 0 Å². The molecule has 19 heavy (non-hydrogen) atoms. The second-order valence-corrected chi connectivity index (χ2v) is 5.77. The average Bonchev–Trinajstić information content (AvgIpc) is 2.42. The summed E-state index contributed by atoms with van der Waals surface area (Å²) in [6.07, 6.45) is 2.40. The molecule has 1 N–H and O–H groups in total. The Hall–Kier alpha value is -1.12. The molecule has 0 fully saturated rings. The molecule has 1 nitrogen and oxygen atoms in total. The van der Waals surface area contributed by atoms with Gasteiger partial charge in [0.05, 0.1) is 6.10 Å². The van der Waals surface area contributed by atoms with Crippen molar-refractivity contribution in [2.24, 2.45) is 0 Å². The SMILES string of the molecule is Cc1ccc(Br)c(C(O)CCCc2ccccc2)c1. The molecule has 0 spiro atoms. The van der Waals surface area contributed by atoms with Crippen LogP contribution in [0.2, 0.25) is 0 Å². The molecular formula is C17H19BrO. The van der Waals surface area contributed by atoms with Crippen molar-refractivity contribution in [3.05, 3.63) is 69.7 Å². The second-order valence-electron chi connectivity index (χ2n) is 4.92. The Kier molecular flexibility index (Phi) is 5.17. The Morgan fingerprint density at radius 1 is 1.11 bits per heavy atom. The third-order valence-corrected chi connectivity index (χ3v) is 4.02. The van der Waals surface area contributed by atoms with E-state index in [0.717, 1.165) is 29.3 Å². The standard InChI is InChI=1S/C17H19BrO/c1-13-10-11-16(18)15(12-13)17(19)9-5-8-14-6-3-2-4-7-14/h2-4,6-7,10-12,17,19H,5,8-9H2,1H3. The van der Waals surface area contributed by atoms with Crippen molar-refractivity contribution in [3.8, 4) is 0 Å². The third kappa shape index (κ3) is 4.19. The number of benzene rings is 2. The molecule has 2 aromatic carbocycles. The quantitative estimate of drug-likeness (QED) is 0.838. The highest BCUT2D eigenvalue weighted by atomic mass is 79.9. The summed E-state index contributed by atoms with van der Waals surface area (Å²) in [4.78, 5) is 0. The van der Waals surface area contributed by atoms with E-state index in [0.29, 0.717) is 0 Å². The predicted octanol–water partition coefficient (Wildman–Crippen LogP) is 4.81. The maximum absolute atomic E-state index is 10.3. The monoisotopic (exact) mass is 318 g/mol. The van der Waals surface area contributed by atoms with Crippen molar-refractivity contribution >= 4 is 15.9 Å². The molecule has 0 aromatic heterocycles. The number of halogens is 1. The van der Waals surface area contributed by atoms with E-state index in [9.17, 15) is 5.11 Å². The third-order valence-electron chi connectivity index (χ3n) is 3.30. The number of aliphatic hydroxyl groups excluding tert-OH is 1. The largest absolute Gasteiger partial charge is 0.388 e. The van der Waals surface area contributed by atoms with E-state index in [2.05, 4.69) is 46.3 Å². The first-order valence-corrected chi connectivity index (χ1v) is 7.44. The smallest absolute Gasteiger partial charge is 0.0801 e. The lowest BCUT2D eigenvalue weighted by atomic mass is 10.00. The molecule has 0 heterocycles. The molecule has 0 aliphatic carbocycles. The highest BCUT2D eigenvalue weighted by molar-refractivity contribution is 9.10. The minimum atomic E-state index is -0.391. The molecule has 1 atom stereocenters. The van der Waals surface area contributed by atoms with Crippen LogP contribution in [0.5, 0.6) is 0 Å². The van der Waals surface area contributed by atoms with Crippen LogP contribution in [0.3, 0.4) is 0 Å². The molecule has 0 aliphatic heterocycles. The van der Waals surface area contributed by atoms with Crippen LogP contribution in [-0.4, -0.2) is 5.11 Å². The Morgan fingerprint density at radius 3 is 2.58 bits per heavy atom. The molecule has 0 radical (unpaired) electrons. The van der Waals surface area contributed by atoms with E-state index in [1.807, 2.05) is 25.1 Å². The summed E-state index contributed by atoms with van der Waals surface area (Å²) in [5.74, 6) is 0. The zero-order valence-corrected chi connectivity index (χ0v) is 12.7. The van der Waals surface area contributed by atoms with Gasteiger partial charge >= 0.3 is 0 Å². The Labute approximate surface area is 123 Å². The van der Waals surface area contributed by atoms with Gasteiger partial charge in [-0.3, -0.25) is 0 Å². The fourth-order valence-corrected chi connectivity index (χ4v) is 2.73. The first kappa shape index (κ1) is 14.3. The summed E-state index contributed by atoms with van der Waals surface area (Å²) in [6, 6.07) is 16.5. The zero-order chi connectivity index (χ0) is 13.7. The van der Waals surface area contributed by atoms with Crippen LogP contribution < -0.4 is 0 Å². The highest BCUT2D eigenvalue weighted by Gasteiger charge is 2.11. The number of aliphatic hydroxyl groups is 1. The lowest BCUT2D eigenvalue weighted by Crippen LogP contribution is -2.00. The molecule has 100 valence electrons. The molecule has 2 heteroatoms. The van der Waals surface area contributed by atoms with Gasteiger partial charge in [-0.2, -0.15) is 0 Å². The van der Waals surface area contributed by atoms with Crippen molar-refractivity contribution in [1.29, 1.82) is 0 Å². The first-order valence-electron chi connectivity index (χ1n) is 6.65. The van der Waals surface area contributed by atoms with E-state index in [-0.39, 0.29) is 0 Å². The maximum atomic E-state index is 10.3. The summed E-state index contributed by atoms with van der Waals surface area (Å²) >= 11 is 3.51. The first-order chi connectivity index (χ1) is 9.16. The van der Waals surface area contributed by atoms with E-state index >= 15 is 0 Å². The van der Waals surface area contributed by atoms with Crippen LogP contribution >= 0.6 is 15.9 Å². The number of rotatable bonds is 5. The lowest BCUT2D eigenvalue weighted by molar-refractivity contribution is 0.164. The van der Waals surface area contributed by atoms with Crippen molar-refractivity contribution in [3.63, 3.8) is 0 Å². The van der Waals surface area contributed by atoms with Crippen LogP contribution in [0.15, 0.2) is 53.0 Å². The van der Waals surface area contributed by atoms with Gasteiger partial charge in [0.25, 0.3) is 0 Å². The normalized spacial score (nSPS) is 12.4. The Morgan fingerprint density at radius 2 is 1.84 bits per heavy atom.